The van der Waals surface area contributed by atoms with Crippen LogP contribution < -0.4 is 0 Å². The molecule has 0 spiro atoms. The lowest BCUT2D eigenvalue weighted by molar-refractivity contribution is 0.232. The van der Waals surface area contributed by atoms with Gasteiger partial charge in [0.2, 0.25) is 0 Å². The van der Waals surface area contributed by atoms with Crippen molar-refractivity contribution < 1.29 is 8.42 Å². The Hall–Kier alpha value is 0.160. The number of fused-ring (bicyclic) bond motifs is 2. The molecule has 3 aliphatic rings. The first-order chi connectivity index (χ1) is 10.0. The summed E-state index contributed by atoms with van der Waals surface area (Å²) >= 11 is 5.98. The highest BCUT2D eigenvalue weighted by atomic mass is 35.5. The molecule has 4 unspecified atom stereocenters. The van der Waals surface area contributed by atoms with Crippen LogP contribution in [0.4, 0.5) is 0 Å². The van der Waals surface area contributed by atoms with E-state index < -0.39 is 10.2 Å². The van der Waals surface area contributed by atoms with E-state index in [-0.39, 0.29) is 6.04 Å². The molecule has 0 N–H and O–H groups in total. The Kier molecular flexibility index (Phi) is 4.84. The van der Waals surface area contributed by atoms with E-state index in [1.165, 1.54) is 25.7 Å². The number of nitrogens with zero attached hydrogens (tertiary/aromatic N) is 2. The van der Waals surface area contributed by atoms with Gasteiger partial charge in [-0.15, -0.1) is 11.6 Å². The van der Waals surface area contributed by atoms with Crippen LogP contribution in [0.25, 0.3) is 0 Å². The van der Waals surface area contributed by atoms with Crippen molar-refractivity contribution in [2.75, 3.05) is 26.0 Å². The summed E-state index contributed by atoms with van der Waals surface area (Å²) < 4.78 is 28.9. The molecule has 2 aliphatic carbocycles. The summed E-state index contributed by atoms with van der Waals surface area (Å²) in [6.07, 6.45) is 8.14. The van der Waals surface area contributed by atoms with Gasteiger partial charge >= 0.3 is 0 Å². The van der Waals surface area contributed by atoms with Crippen molar-refractivity contribution >= 4 is 21.8 Å². The van der Waals surface area contributed by atoms with Crippen LogP contribution in [-0.2, 0) is 10.2 Å². The van der Waals surface area contributed by atoms with Gasteiger partial charge in [-0.25, -0.2) is 0 Å². The molecule has 6 heteroatoms. The second-order valence-electron chi connectivity index (χ2n) is 7.14. The second kappa shape index (κ2) is 6.34. The second-order valence-corrected chi connectivity index (χ2v) is 9.43. The van der Waals surface area contributed by atoms with Gasteiger partial charge in [-0.2, -0.15) is 17.0 Å². The lowest BCUT2D eigenvalue weighted by Crippen LogP contribution is -2.51. The van der Waals surface area contributed by atoms with Crippen LogP contribution in [-0.4, -0.2) is 49.1 Å². The monoisotopic (exact) mass is 334 g/mol. The van der Waals surface area contributed by atoms with Gasteiger partial charge < -0.3 is 0 Å². The molecular formula is C15H27ClN2O2S. The van der Waals surface area contributed by atoms with Crippen molar-refractivity contribution in [1.82, 2.24) is 8.61 Å². The van der Waals surface area contributed by atoms with Crippen LogP contribution in [0.15, 0.2) is 0 Å². The minimum Gasteiger partial charge on any atom is -0.195 e. The summed E-state index contributed by atoms with van der Waals surface area (Å²) in [5.41, 5.74) is 0. The molecule has 2 saturated carbocycles. The molecule has 1 heterocycles. The molecule has 122 valence electrons. The van der Waals surface area contributed by atoms with Gasteiger partial charge in [0.05, 0.1) is 0 Å². The standard InChI is InChI=1S/C15H27ClN2O2S/c1-17(11-14-9-12-5-6-13(14)8-12)21(19,20)18-7-3-2-4-15(18)10-16/h12-15H,2-11H2,1H3. The summed E-state index contributed by atoms with van der Waals surface area (Å²) in [5.74, 6) is 2.60. The van der Waals surface area contributed by atoms with E-state index in [0.717, 1.165) is 31.1 Å². The number of alkyl halides is 1. The van der Waals surface area contributed by atoms with Gasteiger partial charge in [-0.3, -0.25) is 0 Å². The van der Waals surface area contributed by atoms with Gasteiger partial charge in [0, 0.05) is 32.1 Å². The third-order valence-corrected chi connectivity index (χ3v) is 8.18. The largest absolute Gasteiger partial charge is 0.282 e. The average Bonchev–Trinajstić information content (AvgIpc) is 3.09. The summed E-state index contributed by atoms with van der Waals surface area (Å²) in [4.78, 5) is 0. The van der Waals surface area contributed by atoms with E-state index in [1.54, 1.807) is 15.7 Å². The first-order valence-corrected chi connectivity index (χ1v) is 10.2. The molecule has 0 radical (unpaired) electrons. The number of hydrogen-bond acceptors (Lipinski definition) is 2. The molecule has 4 nitrogen and oxygen atoms in total. The predicted molar refractivity (Wildman–Crippen MR) is 85.6 cm³/mol. The molecule has 21 heavy (non-hydrogen) atoms. The normalized spacial score (nSPS) is 37.5. The van der Waals surface area contributed by atoms with E-state index in [1.807, 2.05) is 0 Å². The van der Waals surface area contributed by atoms with Crippen molar-refractivity contribution in [1.29, 1.82) is 0 Å². The number of rotatable bonds is 5. The lowest BCUT2D eigenvalue weighted by Gasteiger charge is -2.37. The molecule has 0 aromatic rings. The summed E-state index contributed by atoms with van der Waals surface area (Å²) in [5, 5.41) is 0. The Balaban J connectivity index is 1.65. The van der Waals surface area contributed by atoms with Crippen molar-refractivity contribution in [3.05, 3.63) is 0 Å². The molecule has 2 bridgehead atoms. The Labute approximate surface area is 134 Å². The minimum atomic E-state index is -3.35. The lowest BCUT2D eigenvalue weighted by atomic mass is 9.89. The van der Waals surface area contributed by atoms with Crippen LogP contribution in [0.3, 0.4) is 0 Å². The van der Waals surface area contributed by atoms with E-state index in [0.29, 0.717) is 24.9 Å². The zero-order valence-corrected chi connectivity index (χ0v) is 14.5. The van der Waals surface area contributed by atoms with Crippen molar-refractivity contribution in [2.45, 2.75) is 51.0 Å². The fraction of sp³-hybridized carbons (Fsp3) is 1.00. The van der Waals surface area contributed by atoms with Crippen LogP contribution >= 0.6 is 11.6 Å². The van der Waals surface area contributed by atoms with Crippen LogP contribution in [0.1, 0.15) is 44.9 Å². The van der Waals surface area contributed by atoms with Crippen LogP contribution in [0.2, 0.25) is 0 Å². The highest BCUT2D eigenvalue weighted by molar-refractivity contribution is 7.86. The Bertz CT molecular complexity index is 470. The SMILES string of the molecule is CN(CC1CC2CCC1C2)S(=O)(=O)N1CCCCC1CCl. The molecule has 1 saturated heterocycles. The molecule has 1 aliphatic heterocycles. The van der Waals surface area contributed by atoms with Gasteiger partial charge in [-0.05, 0) is 49.9 Å². The molecule has 3 fully saturated rings. The highest BCUT2D eigenvalue weighted by Gasteiger charge is 2.42. The maximum Gasteiger partial charge on any atom is 0.282 e. The van der Waals surface area contributed by atoms with Crippen molar-refractivity contribution in [3.63, 3.8) is 0 Å². The number of piperidine rings is 1. The number of halogens is 1. The molecular weight excluding hydrogens is 308 g/mol. The minimum absolute atomic E-state index is 0.0205. The Morgan fingerprint density at radius 1 is 1.19 bits per heavy atom. The predicted octanol–water partition coefficient (Wildman–Crippen LogP) is 2.69. The van der Waals surface area contributed by atoms with Crippen molar-refractivity contribution in [2.24, 2.45) is 17.8 Å². The van der Waals surface area contributed by atoms with Crippen LogP contribution in [0, 0.1) is 17.8 Å². The zero-order chi connectivity index (χ0) is 15.0. The van der Waals surface area contributed by atoms with Crippen molar-refractivity contribution in [3.8, 4) is 0 Å². The smallest absolute Gasteiger partial charge is 0.195 e. The maximum absolute atomic E-state index is 12.8. The molecule has 3 rings (SSSR count). The fourth-order valence-electron chi connectivity index (χ4n) is 4.64. The zero-order valence-electron chi connectivity index (χ0n) is 12.9. The Morgan fingerprint density at radius 3 is 2.62 bits per heavy atom. The molecule has 4 atom stereocenters. The van der Waals surface area contributed by atoms with Crippen LogP contribution in [0.5, 0.6) is 0 Å². The first kappa shape index (κ1) is 16.0. The van der Waals surface area contributed by atoms with Gasteiger partial charge in [0.1, 0.15) is 0 Å². The highest BCUT2D eigenvalue weighted by Crippen LogP contribution is 2.48. The topological polar surface area (TPSA) is 40.6 Å². The first-order valence-electron chi connectivity index (χ1n) is 8.31. The van der Waals surface area contributed by atoms with E-state index in [9.17, 15) is 8.42 Å². The quantitative estimate of drug-likeness (QED) is 0.725. The summed E-state index contributed by atoms with van der Waals surface area (Å²) in [7, 11) is -1.59. The number of hydrogen-bond donors (Lipinski definition) is 0. The summed E-state index contributed by atoms with van der Waals surface area (Å²) in [6, 6.07) is -0.0205. The average molecular weight is 335 g/mol. The third kappa shape index (κ3) is 3.12. The molecule has 0 aromatic carbocycles. The third-order valence-electron chi connectivity index (χ3n) is 5.82. The fourth-order valence-corrected chi connectivity index (χ4v) is 6.69. The van der Waals surface area contributed by atoms with E-state index >= 15 is 0 Å². The van der Waals surface area contributed by atoms with Gasteiger partial charge in [0.25, 0.3) is 10.2 Å². The van der Waals surface area contributed by atoms with Gasteiger partial charge in [-0.1, -0.05) is 12.8 Å². The molecule has 0 amide bonds. The van der Waals surface area contributed by atoms with E-state index in [2.05, 4.69) is 0 Å². The summed E-state index contributed by atoms with van der Waals surface area (Å²) in [6.45, 7) is 1.32. The van der Waals surface area contributed by atoms with E-state index in [4.69, 9.17) is 11.6 Å². The maximum atomic E-state index is 12.8. The van der Waals surface area contributed by atoms with Gasteiger partial charge in [0.15, 0.2) is 0 Å². The Morgan fingerprint density at radius 2 is 2.00 bits per heavy atom. The molecule has 0 aromatic heterocycles.